The van der Waals surface area contributed by atoms with E-state index in [1.54, 1.807) is 42.5 Å². The smallest absolute Gasteiger partial charge is 0.298 e. The highest BCUT2D eigenvalue weighted by Gasteiger charge is 2.36. The van der Waals surface area contributed by atoms with E-state index in [1.807, 2.05) is 30.5 Å². The van der Waals surface area contributed by atoms with Gasteiger partial charge in [0.2, 0.25) is 0 Å². The highest BCUT2D eigenvalue weighted by atomic mass is 35.5. The first kappa shape index (κ1) is 19.5. The van der Waals surface area contributed by atoms with Crippen molar-refractivity contribution < 1.29 is 14.0 Å². The van der Waals surface area contributed by atoms with Gasteiger partial charge in [0, 0.05) is 17.1 Å². The molecule has 2 heterocycles. The van der Waals surface area contributed by atoms with Crippen LogP contribution in [0.2, 0.25) is 5.02 Å². The molecule has 0 bridgehead atoms. The number of benzene rings is 2. The molecular weight excluding hydrogens is 411 g/mol. The van der Waals surface area contributed by atoms with Gasteiger partial charge in [0.25, 0.3) is 11.1 Å². The summed E-state index contributed by atoms with van der Waals surface area (Å²) in [6, 6.07) is 15.3. The zero-order chi connectivity index (χ0) is 20.7. The molecular formula is C22H16ClFN2O2S. The average molecular weight is 427 g/mol. The van der Waals surface area contributed by atoms with E-state index < -0.39 is 5.82 Å². The van der Waals surface area contributed by atoms with E-state index in [0.717, 1.165) is 34.4 Å². The predicted molar refractivity (Wildman–Crippen MR) is 115 cm³/mol. The monoisotopic (exact) mass is 426 g/mol. The van der Waals surface area contributed by atoms with Gasteiger partial charge >= 0.3 is 0 Å². The lowest BCUT2D eigenvalue weighted by Crippen LogP contribution is -2.27. The van der Waals surface area contributed by atoms with E-state index in [0.29, 0.717) is 10.6 Å². The van der Waals surface area contributed by atoms with Crippen LogP contribution in [0.25, 0.3) is 11.8 Å². The van der Waals surface area contributed by atoms with Crippen LogP contribution in [-0.4, -0.2) is 15.7 Å². The first-order valence-electron chi connectivity index (χ1n) is 8.84. The Bertz CT molecular complexity index is 1170. The third-order valence-corrected chi connectivity index (χ3v) is 5.89. The second kappa shape index (κ2) is 7.54. The number of thioether (sulfide) groups is 1. The number of halogens is 2. The Hall–Kier alpha value is -2.83. The molecule has 29 heavy (non-hydrogen) atoms. The normalized spacial score (nSPS) is 15.6. The molecule has 3 aromatic rings. The van der Waals surface area contributed by atoms with Crippen LogP contribution >= 0.6 is 23.4 Å². The molecule has 1 saturated heterocycles. The largest absolute Gasteiger partial charge is 0.318 e. The Morgan fingerprint density at radius 3 is 2.41 bits per heavy atom. The molecule has 7 heteroatoms. The van der Waals surface area contributed by atoms with Gasteiger partial charge in [0.05, 0.1) is 15.6 Å². The van der Waals surface area contributed by atoms with Crippen LogP contribution in [-0.2, 0) is 4.79 Å². The number of aromatic nitrogens is 1. The summed E-state index contributed by atoms with van der Waals surface area (Å²) in [5.74, 6) is -0.825. The molecule has 0 aliphatic carbocycles. The summed E-state index contributed by atoms with van der Waals surface area (Å²) < 4.78 is 15.4. The van der Waals surface area contributed by atoms with Gasteiger partial charge in [-0.25, -0.2) is 9.29 Å². The van der Waals surface area contributed by atoms with E-state index >= 15 is 0 Å². The fraction of sp³-hybridized carbons (Fsp3) is 0.0909. The summed E-state index contributed by atoms with van der Waals surface area (Å²) in [5.41, 5.74) is 3.84. The third kappa shape index (κ3) is 3.50. The summed E-state index contributed by atoms with van der Waals surface area (Å²) in [5, 5.41) is -0.285. The summed E-state index contributed by atoms with van der Waals surface area (Å²) in [7, 11) is 0. The SMILES string of the molecule is Cc1cc(/C=C2\SC(=O)N(c3ccccc3)C2=O)c(C)n1-c1ccc(F)c(Cl)c1. The van der Waals surface area contributed by atoms with Crippen LogP contribution in [0, 0.1) is 19.7 Å². The Kier molecular flexibility index (Phi) is 5.06. The predicted octanol–water partition coefficient (Wildman–Crippen LogP) is 6.13. The topological polar surface area (TPSA) is 42.3 Å². The van der Waals surface area contributed by atoms with Crippen molar-refractivity contribution in [3.8, 4) is 5.69 Å². The lowest BCUT2D eigenvalue weighted by Gasteiger charge is -2.11. The molecule has 0 atom stereocenters. The van der Waals surface area contributed by atoms with E-state index in [-0.39, 0.29) is 16.2 Å². The molecule has 0 N–H and O–H groups in total. The van der Waals surface area contributed by atoms with Crippen molar-refractivity contribution in [2.75, 3.05) is 4.90 Å². The zero-order valence-electron chi connectivity index (χ0n) is 15.6. The van der Waals surface area contributed by atoms with Crippen molar-refractivity contribution in [2.45, 2.75) is 13.8 Å². The maximum Gasteiger partial charge on any atom is 0.298 e. The molecule has 4 nitrogen and oxygen atoms in total. The number of amides is 2. The minimum Gasteiger partial charge on any atom is -0.318 e. The Morgan fingerprint density at radius 1 is 1.00 bits per heavy atom. The van der Waals surface area contributed by atoms with Crippen LogP contribution in [0.3, 0.4) is 0 Å². The number of carbonyl (C=O) groups excluding carboxylic acids is 2. The Balaban J connectivity index is 1.71. The van der Waals surface area contributed by atoms with Gasteiger partial charge < -0.3 is 4.57 Å². The van der Waals surface area contributed by atoms with Crippen molar-refractivity contribution in [3.05, 3.63) is 87.3 Å². The molecule has 2 amide bonds. The van der Waals surface area contributed by atoms with Crippen LogP contribution in [0.15, 0.2) is 59.5 Å². The van der Waals surface area contributed by atoms with Crippen molar-refractivity contribution in [2.24, 2.45) is 0 Å². The average Bonchev–Trinajstić information content (AvgIpc) is 3.13. The van der Waals surface area contributed by atoms with E-state index in [2.05, 4.69) is 0 Å². The molecule has 1 aliphatic rings. The highest BCUT2D eigenvalue weighted by molar-refractivity contribution is 8.19. The first-order valence-corrected chi connectivity index (χ1v) is 10.0. The van der Waals surface area contributed by atoms with Crippen LogP contribution < -0.4 is 4.90 Å². The van der Waals surface area contributed by atoms with Crippen molar-refractivity contribution in [3.63, 3.8) is 0 Å². The number of anilines is 1. The minimum atomic E-state index is -0.479. The summed E-state index contributed by atoms with van der Waals surface area (Å²) in [4.78, 5) is 26.8. The van der Waals surface area contributed by atoms with Crippen molar-refractivity contribution >= 4 is 46.3 Å². The summed E-state index contributed by atoms with van der Waals surface area (Å²) in [6.45, 7) is 3.81. The molecule has 0 unspecified atom stereocenters. The number of hydrogen-bond donors (Lipinski definition) is 0. The van der Waals surface area contributed by atoms with Crippen LogP contribution in [0.1, 0.15) is 17.0 Å². The molecule has 4 rings (SSSR count). The number of rotatable bonds is 3. The maximum absolute atomic E-state index is 13.5. The van der Waals surface area contributed by atoms with E-state index in [4.69, 9.17) is 11.6 Å². The number of imide groups is 1. The molecule has 0 spiro atoms. The lowest BCUT2D eigenvalue weighted by molar-refractivity contribution is -0.113. The van der Waals surface area contributed by atoms with Gasteiger partial charge in [-0.15, -0.1) is 0 Å². The van der Waals surface area contributed by atoms with Crippen molar-refractivity contribution in [1.82, 2.24) is 4.57 Å². The van der Waals surface area contributed by atoms with Gasteiger partial charge in [0.15, 0.2) is 0 Å². The number of aryl methyl sites for hydroxylation is 1. The van der Waals surface area contributed by atoms with Gasteiger partial charge in [-0.05, 0) is 73.6 Å². The van der Waals surface area contributed by atoms with Gasteiger partial charge in [-0.1, -0.05) is 29.8 Å². The number of para-hydroxylation sites is 1. The number of hydrogen-bond acceptors (Lipinski definition) is 3. The number of nitrogens with zero attached hydrogens (tertiary/aromatic N) is 2. The first-order chi connectivity index (χ1) is 13.9. The maximum atomic E-state index is 13.5. The van der Waals surface area contributed by atoms with Gasteiger partial charge in [-0.3, -0.25) is 9.59 Å². The minimum absolute atomic E-state index is 0.0422. The quantitative estimate of drug-likeness (QED) is 0.473. The van der Waals surface area contributed by atoms with Crippen LogP contribution in [0.5, 0.6) is 0 Å². The molecule has 1 aromatic heterocycles. The second-order valence-electron chi connectivity index (χ2n) is 6.61. The fourth-order valence-corrected chi connectivity index (χ4v) is 4.37. The summed E-state index contributed by atoms with van der Waals surface area (Å²) >= 11 is 6.84. The fourth-order valence-electron chi connectivity index (χ4n) is 3.36. The van der Waals surface area contributed by atoms with Crippen molar-refractivity contribution in [1.29, 1.82) is 0 Å². The number of carbonyl (C=O) groups is 2. The molecule has 1 aliphatic heterocycles. The zero-order valence-corrected chi connectivity index (χ0v) is 17.2. The van der Waals surface area contributed by atoms with Crippen LogP contribution in [0.4, 0.5) is 14.9 Å². The molecule has 0 radical (unpaired) electrons. The highest BCUT2D eigenvalue weighted by Crippen LogP contribution is 2.36. The third-order valence-electron chi connectivity index (χ3n) is 4.73. The lowest BCUT2D eigenvalue weighted by atomic mass is 10.2. The molecule has 1 fully saturated rings. The van der Waals surface area contributed by atoms with E-state index in [9.17, 15) is 14.0 Å². The van der Waals surface area contributed by atoms with Gasteiger partial charge in [-0.2, -0.15) is 0 Å². The molecule has 0 saturated carbocycles. The second-order valence-corrected chi connectivity index (χ2v) is 8.01. The van der Waals surface area contributed by atoms with Gasteiger partial charge in [0.1, 0.15) is 5.82 Å². The Labute approximate surface area is 176 Å². The molecule has 146 valence electrons. The van der Waals surface area contributed by atoms with E-state index in [1.165, 1.54) is 11.0 Å². The summed E-state index contributed by atoms with van der Waals surface area (Å²) in [6.07, 6.45) is 1.72. The molecule has 2 aromatic carbocycles. The Morgan fingerprint density at radius 2 is 1.72 bits per heavy atom. The standard InChI is InChI=1S/C22H16ClFN2O2S/c1-13-10-15(14(2)25(13)17-8-9-19(24)18(23)12-17)11-20-21(27)26(22(28)29-20)16-6-4-3-5-7-16/h3-12H,1-2H3/b20-11-.